The summed E-state index contributed by atoms with van der Waals surface area (Å²) in [6.07, 6.45) is 1.37. The molecular weight excluding hydrogens is 428 g/mol. The first-order chi connectivity index (χ1) is 15.6. The van der Waals surface area contributed by atoms with Crippen LogP contribution in [0.15, 0.2) is 84.0 Å². The average Bonchev–Trinajstić information content (AvgIpc) is 3.31. The molecular formula is C24H19ClN4O3. The number of nitrogens with zero attached hydrogens (tertiary/aromatic N) is 2. The zero-order chi connectivity index (χ0) is 22.3. The highest BCUT2D eigenvalue weighted by atomic mass is 35.5. The summed E-state index contributed by atoms with van der Waals surface area (Å²) in [4.78, 5) is 12.3. The molecule has 0 saturated heterocycles. The number of nitrogens with one attached hydrogen (secondary N) is 2. The molecule has 3 N–H and O–H groups in total. The van der Waals surface area contributed by atoms with Gasteiger partial charge < -0.3 is 9.84 Å². The summed E-state index contributed by atoms with van der Waals surface area (Å²) in [5.41, 5.74) is 5.41. The number of hydrazone groups is 1. The monoisotopic (exact) mass is 446 g/mol. The number of phenolic OH excluding ortho intramolecular Hbond substituents is 1. The van der Waals surface area contributed by atoms with E-state index in [2.05, 4.69) is 20.7 Å². The molecule has 1 aromatic heterocycles. The van der Waals surface area contributed by atoms with Gasteiger partial charge in [-0.2, -0.15) is 10.2 Å². The highest BCUT2D eigenvalue weighted by Gasteiger charge is 2.11. The van der Waals surface area contributed by atoms with E-state index in [-0.39, 0.29) is 11.4 Å². The maximum atomic E-state index is 12.3. The highest BCUT2D eigenvalue weighted by Crippen LogP contribution is 2.24. The van der Waals surface area contributed by atoms with Gasteiger partial charge in [0.25, 0.3) is 5.91 Å². The second kappa shape index (κ2) is 9.80. The third-order valence-electron chi connectivity index (χ3n) is 4.61. The molecule has 4 rings (SSSR count). The molecule has 8 heteroatoms. The third kappa shape index (κ3) is 5.14. The minimum Gasteiger partial charge on any atom is -0.507 e. The van der Waals surface area contributed by atoms with Crippen LogP contribution in [0, 0.1) is 0 Å². The predicted octanol–water partition coefficient (Wildman–Crippen LogP) is 4.78. The van der Waals surface area contributed by atoms with Gasteiger partial charge in [-0.05, 0) is 36.4 Å². The molecule has 0 bridgehead atoms. The summed E-state index contributed by atoms with van der Waals surface area (Å²) in [6.45, 7) is 0.340. The molecule has 0 unspecified atom stereocenters. The molecule has 1 heterocycles. The van der Waals surface area contributed by atoms with Gasteiger partial charge in [0, 0.05) is 21.7 Å². The van der Waals surface area contributed by atoms with E-state index in [4.69, 9.17) is 16.3 Å². The van der Waals surface area contributed by atoms with E-state index in [0.717, 1.165) is 11.1 Å². The number of ether oxygens (including phenoxy) is 1. The summed E-state index contributed by atoms with van der Waals surface area (Å²) in [6, 6.07) is 23.2. The van der Waals surface area contributed by atoms with Gasteiger partial charge in [-0.25, -0.2) is 5.43 Å². The number of carbonyl (C=O) groups excluding carboxylic acids is 1. The van der Waals surface area contributed by atoms with Crippen LogP contribution >= 0.6 is 11.6 Å². The SMILES string of the molecule is O=C(NN=Cc1ccccc1O)c1cc(-c2cccc(OCc3ccccc3Cl)c2)n[nH]1. The Hall–Kier alpha value is -4.10. The molecule has 0 aliphatic heterocycles. The summed E-state index contributed by atoms with van der Waals surface area (Å²) in [7, 11) is 0. The van der Waals surface area contributed by atoms with Crippen molar-refractivity contribution in [2.45, 2.75) is 6.61 Å². The fourth-order valence-corrected chi connectivity index (χ4v) is 3.12. The number of aromatic nitrogens is 2. The molecule has 3 aromatic carbocycles. The van der Waals surface area contributed by atoms with Crippen molar-refractivity contribution in [1.29, 1.82) is 0 Å². The Morgan fingerprint density at radius 3 is 2.75 bits per heavy atom. The van der Waals surface area contributed by atoms with E-state index in [1.807, 2.05) is 48.5 Å². The summed E-state index contributed by atoms with van der Waals surface area (Å²) >= 11 is 6.17. The number of H-pyrrole nitrogens is 1. The normalized spacial score (nSPS) is 10.9. The fraction of sp³-hybridized carbons (Fsp3) is 0.0417. The topological polar surface area (TPSA) is 99.6 Å². The average molecular weight is 447 g/mol. The van der Waals surface area contributed by atoms with Crippen LogP contribution in [0.4, 0.5) is 0 Å². The summed E-state index contributed by atoms with van der Waals surface area (Å²) < 4.78 is 5.85. The number of carbonyl (C=O) groups is 1. The lowest BCUT2D eigenvalue weighted by molar-refractivity contribution is 0.0950. The lowest BCUT2D eigenvalue weighted by atomic mass is 10.1. The van der Waals surface area contributed by atoms with Crippen molar-refractivity contribution in [3.63, 3.8) is 0 Å². The first-order valence-electron chi connectivity index (χ1n) is 9.73. The minimum absolute atomic E-state index is 0.0750. The molecule has 0 atom stereocenters. The number of phenols is 1. The number of amides is 1. The van der Waals surface area contributed by atoms with E-state index in [1.165, 1.54) is 12.3 Å². The van der Waals surface area contributed by atoms with E-state index < -0.39 is 5.91 Å². The Balaban J connectivity index is 1.40. The van der Waals surface area contributed by atoms with Crippen LogP contribution in [0.2, 0.25) is 5.02 Å². The van der Waals surface area contributed by atoms with Crippen LogP contribution in [0.25, 0.3) is 11.3 Å². The number of para-hydroxylation sites is 1. The highest BCUT2D eigenvalue weighted by molar-refractivity contribution is 6.31. The Kier molecular flexibility index (Phi) is 6.48. The molecule has 0 fully saturated rings. The van der Waals surface area contributed by atoms with Crippen LogP contribution in [0.5, 0.6) is 11.5 Å². The zero-order valence-corrected chi connectivity index (χ0v) is 17.6. The molecule has 32 heavy (non-hydrogen) atoms. The van der Waals surface area contributed by atoms with Crippen molar-refractivity contribution >= 4 is 23.7 Å². The quantitative estimate of drug-likeness (QED) is 0.281. The number of halogens is 1. The number of rotatable bonds is 7. The van der Waals surface area contributed by atoms with Gasteiger partial charge in [0.1, 0.15) is 23.8 Å². The van der Waals surface area contributed by atoms with E-state index in [0.29, 0.717) is 28.6 Å². The molecule has 0 saturated carbocycles. The molecule has 1 amide bonds. The van der Waals surface area contributed by atoms with E-state index in [9.17, 15) is 9.90 Å². The van der Waals surface area contributed by atoms with Crippen molar-refractivity contribution < 1.29 is 14.6 Å². The van der Waals surface area contributed by atoms with Crippen molar-refractivity contribution in [3.8, 4) is 22.8 Å². The predicted molar refractivity (Wildman–Crippen MR) is 123 cm³/mol. The molecule has 0 aliphatic rings. The van der Waals surface area contributed by atoms with Gasteiger partial charge in [0.05, 0.1) is 11.9 Å². The third-order valence-corrected chi connectivity index (χ3v) is 4.98. The van der Waals surface area contributed by atoms with Crippen LogP contribution in [0.3, 0.4) is 0 Å². The standard InChI is InChI=1S/C24H19ClN4O3/c25-20-10-3-1-7-18(20)15-32-19-9-5-8-16(12-19)21-13-22(28-27-21)24(31)29-26-14-17-6-2-4-11-23(17)30/h1-14,30H,15H2,(H,27,28)(H,29,31). The Labute approximate surface area is 189 Å². The summed E-state index contributed by atoms with van der Waals surface area (Å²) in [5, 5.41) is 21.2. The van der Waals surface area contributed by atoms with Gasteiger partial charge in [-0.3, -0.25) is 9.89 Å². The van der Waals surface area contributed by atoms with Crippen molar-refractivity contribution in [2.24, 2.45) is 5.10 Å². The first-order valence-corrected chi connectivity index (χ1v) is 10.1. The maximum absolute atomic E-state index is 12.3. The van der Waals surface area contributed by atoms with Gasteiger partial charge in [0.2, 0.25) is 0 Å². The van der Waals surface area contributed by atoms with Gasteiger partial charge in [0.15, 0.2) is 0 Å². The fourth-order valence-electron chi connectivity index (χ4n) is 2.93. The molecule has 0 aliphatic carbocycles. The van der Waals surface area contributed by atoms with E-state index >= 15 is 0 Å². The molecule has 160 valence electrons. The molecule has 4 aromatic rings. The maximum Gasteiger partial charge on any atom is 0.289 e. The van der Waals surface area contributed by atoms with E-state index in [1.54, 1.807) is 24.3 Å². The van der Waals surface area contributed by atoms with Gasteiger partial charge in [-0.15, -0.1) is 0 Å². The van der Waals surface area contributed by atoms with Crippen LogP contribution in [-0.4, -0.2) is 27.4 Å². The van der Waals surface area contributed by atoms with Gasteiger partial charge >= 0.3 is 0 Å². The molecule has 0 radical (unpaired) electrons. The van der Waals surface area contributed by atoms with Crippen LogP contribution < -0.4 is 10.2 Å². The smallest absolute Gasteiger partial charge is 0.289 e. The lowest BCUT2D eigenvalue weighted by Gasteiger charge is -2.08. The lowest BCUT2D eigenvalue weighted by Crippen LogP contribution is -2.18. The minimum atomic E-state index is -0.457. The second-order valence-corrected chi connectivity index (χ2v) is 7.24. The van der Waals surface area contributed by atoms with Crippen LogP contribution in [0.1, 0.15) is 21.6 Å². The van der Waals surface area contributed by atoms with Crippen LogP contribution in [-0.2, 0) is 6.61 Å². The zero-order valence-electron chi connectivity index (χ0n) is 16.8. The first kappa shape index (κ1) is 21.1. The van der Waals surface area contributed by atoms with Gasteiger partial charge in [-0.1, -0.05) is 54.1 Å². The molecule has 0 spiro atoms. The number of hydrogen-bond donors (Lipinski definition) is 3. The number of aromatic hydroxyl groups is 1. The second-order valence-electron chi connectivity index (χ2n) is 6.83. The number of benzene rings is 3. The number of aromatic amines is 1. The number of hydrogen-bond acceptors (Lipinski definition) is 5. The Morgan fingerprint density at radius 2 is 1.91 bits per heavy atom. The largest absolute Gasteiger partial charge is 0.507 e. The summed E-state index contributed by atoms with van der Waals surface area (Å²) in [5.74, 6) is 0.274. The Bertz CT molecular complexity index is 1270. The Morgan fingerprint density at radius 1 is 1.09 bits per heavy atom. The van der Waals surface area contributed by atoms with Crippen molar-refractivity contribution in [3.05, 3.63) is 101 Å². The van der Waals surface area contributed by atoms with Crippen molar-refractivity contribution in [2.75, 3.05) is 0 Å². The van der Waals surface area contributed by atoms with Crippen molar-refractivity contribution in [1.82, 2.24) is 15.6 Å². The molecule has 7 nitrogen and oxygen atoms in total.